The topological polar surface area (TPSA) is 55.6 Å². The lowest BCUT2D eigenvalue weighted by molar-refractivity contribution is 0.0441. The van der Waals surface area contributed by atoms with Gasteiger partial charge in [-0.05, 0) is 55.9 Å². The van der Waals surface area contributed by atoms with Crippen LogP contribution in [0.25, 0.3) is 0 Å². The number of amides is 1. The molecule has 4 rings (SSSR count). The minimum atomic E-state index is -0.410. The van der Waals surface area contributed by atoms with E-state index in [9.17, 15) is 4.79 Å². The highest BCUT2D eigenvalue weighted by atomic mass is 16.5. The summed E-state index contributed by atoms with van der Waals surface area (Å²) in [5.74, 6) is 0.384. The normalized spacial score (nSPS) is 25.2. The van der Waals surface area contributed by atoms with Gasteiger partial charge in [-0.25, -0.2) is 0 Å². The van der Waals surface area contributed by atoms with Crippen molar-refractivity contribution in [3.05, 3.63) is 65.2 Å². The molecular formula is C22H26N2O2. The maximum absolute atomic E-state index is 11.4. The van der Waals surface area contributed by atoms with Crippen molar-refractivity contribution in [3.8, 4) is 5.75 Å². The van der Waals surface area contributed by atoms with Gasteiger partial charge in [0.1, 0.15) is 11.9 Å². The number of nitrogens with two attached hydrogens (primary N) is 1. The van der Waals surface area contributed by atoms with Gasteiger partial charge in [-0.2, -0.15) is 0 Å². The zero-order chi connectivity index (χ0) is 18.1. The summed E-state index contributed by atoms with van der Waals surface area (Å²) in [7, 11) is 0. The van der Waals surface area contributed by atoms with Crippen molar-refractivity contribution >= 4 is 5.91 Å². The summed E-state index contributed by atoms with van der Waals surface area (Å²) < 4.78 is 6.32. The van der Waals surface area contributed by atoms with Crippen LogP contribution in [0.4, 0.5) is 0 Å². The van der Waals surface area contributed by atoms with Gasteiger partial charge in [-0.3, -0.25) is 9.69 Å². The van der Waals surface area contributed by atoms with E-state index in [4.69, 9.17) is 10.5 Å². The van der Waals surface area contributed by atoms with Gasteiger partial charge < -0.3 is 10.5 Å². The van der Waals surface area contributed by atoms with E-state index >= 15 is 0 Å². The summed E-state index contributed by atoms with van der Waals surface area (Å²) in [6.45, 7) is 3.04. The van der Waals surface area contributed by atoms with Crippen molar-refractivity contribution in [3.63, 3.8) is 0 Å². The lowest BCUT2D eigenvalue weighted by atomic mass is 9.98. The molecule has 2 aliphatic heterocycles. The first-order valence-corrected chi connectivity index (χ1v) is 9.47. The van der Waals surface area contributed by atoms with E-state index in [1.54, 1.807) is 12.1 Å². The summed E-state index contributed by atoms with van der Waals surface area (Å²) in [6.07, 6.45) is 4.80. The number of hydrogen-bond donors (Lipinski definition) is 1. The number of rotatable bonds is 5. The van der Waals surface area contributed by atoms with E-state index in [-0.39, 0.29) is 6.10 Å². The van der Waals surface area contributed by atoms with Crippen molar-refractivity contribution in [2.24, 2.45) is 5.73 Å². The van der Waals surface area contributed by atoms with Crippen LogP contribution in [0.2, 0.25) is 0 Å². The van der Waals surface area contributed by atoms with Crippen LogP contribution in [0, 0.1) is 6.92 Å². The minimum Gasteiger partial charge on any atom is -0.490 e. The number of carbonyl (C=O) groups excluding carboxylic acids is 1. The Morgan fingerprint density at radius 1 is 1.12 bits per heavy atom. The molecule has 3 atom stereocenters. The lowest BCUT2D eigenvalue weighted by Crippen LogP contribution is -2.45. The van der Waals surface area contributed by atoms with E-state index in [2.05, 4.69) is 35.2 Å². The fourth-order valence-corrected chi connectivity index (χ4v) is 4.43. The molecule has 0 saturated carbocycles. The first-order chi connectivity index (χ1) is 12.6. The first kappa shape index (κ1) is 17.1. The summed E-state index contributed by atoms with van der Waals surface area (Å²) in [5.41, 5.74) is 8.35. The molecule has 2 aromatic carbocycles. The molecule has 0 aliphatic carbocycles. The Morgan fingerprint density at radius 2 is 1.81 bits per heavy atom. The Morgan fingerprint density at radius 3 is 2.46 bits per heavy atom. The molecule has 2 bridgehead atoms. The molecule has 0 aromatic heterocycles. The van der Waals surface area contributed by atoms with Gasteiger partial charge in [0.2, 0.25) is 5.91 Å². The number of piperidine rings is 1. The number of benzene rings is 2. The molecule has 2 N–H and O–H groups in total. The monoisotopic (exact) mass is 350 g/mol. The van der Waals surface area contributed by atoms with Crippen LogP contribution in [0.1, 0.15) is 47.2 Å². The first-order valence-electron chi connectivity index (χ1n) is 9.47. The zero-order valence-corrected chi connectivity index (χ0v) is 15.2. The fourth-order valence-electron chi connectivity index (χ4n) is 4.43. The third kappa shape index (κ3) is 3.47. The zero-order valence-electron chi connectivity index (χ0n) is 15.2. The third-order valence-corrected chi connectivity index (χ3v) is 5.82. The molecule has 136 valence electrons. The number of ether oxygens (including phenoxy) is 1. The molecule has 2 fully saturated rings. The molecular weight excluding hydrogens is 324 g/mol. The second-order valence-electron chi connectivity index (χ2n) is 7.60. The average molecular weight is 350 g/mol. The Labute approximate surface area is 155 Å². The van der Waals surface area contributed by atoms with E-state index < -0.39 is 5.91 Å². The Balaban J connectivity index is 1.44. The van der Waals surface area contributed by atoms with E-state index in [1.807, 2.05) is 13.0 Å². The SMILES string of the molecule is Cc1ccc(C(N)=O)cc1OC1C[C@H]2CC[C@@H](C1)N2Cc1ccccc1. The van der Waals surface area contributed by atoms with Crippen LogP contribution in [-0.4, -0.2) is 29.0 Å². The molecule has 2 aliphatic rings. The number of fused-ring (bicyclic) bond motifs is 2. The highest BCUT2D eigenvalue weighted by Gasteiger charge is 2.41. The van der Waals surface area contributed by atoms with Gasteiger partial charge in [0.15, 0.2) is 0 Å². The Hall–Kier alpha value is -2.33. The molecule has 2 heterocycles. The quantitative estimate of drug-likeness (QED) is 0.895. The molecule has 1 unspecified atom stereocenters. The molecule has 4 nitrogen and oxygen atoms in total. The number of carbonyl (C=O) groups is 1. The number of nitrogens with zero attached hydrogens (tertiary/aromatic N) is 1. The Kier molecular flexibility index (Phi) is 4.68. The molecule has 0 radical (unpaired) electrons. The van der Waals surface area contributed by atoms with Crippen LogP contribution in [-0.2, 0) is 6.54 Å². The molecule has 0 spiro atoms. The highest BCUT2D eigenvalue weighted by molar-refractivity contribution is 5.93. The fraction of sp³-hybridized carbons (Fsp3) is 0.409. The van der Waals surface area contributed by atoms with Crippen molar-refractivity contribution in [1.29, 1.82) is 0 Å². The molecule has 2 saturated heterocycles. The van der Waals surface area contributed by atoms with Crippen LogP contribution < -0.4 is 10.5 Å². The number of aryl methyl sites for hydroxylation is 1. The van der Waals surface area contributed by atoms with E-state index in [0.717, 1.165) is 30.7 Å². The Bertz CT molecular complexity index is 776. The van der Waals surface area contributed by atoms with Crippen molar-refractivity contribution in [2.75, 3.05) is 0 Å². The van der Waals surface area contributed by atoms with Gasteiger partial charge in [0.25, 0.3) is 0 Å². The van der Waals surface area contributed by atoms with Gasteiger partial charge >= 0.3 is 0 Å². The van der Waals surface area contributed by atoms with Crippen LogP contribution >= 0.6 is 0 Å². The molecule has 4 heteroatoms. The van der Waals surface area contributed by atoms with Crippen molar-refractivity contribution in [1.82, 2.24) is 4.90 Å². The van der Waals surface area contributed by atoms with E-state index in [0.29, 0.717) is 17.6 Å². The van der Waals surface area contributed by atoms with E-state index in [1.165, 1.54) is 18.4 Å². The molecule has 1 amide bonds. The van der Waals surface area contributed by atoms with Gasteiger partial charge in [-0.1, -0.05) is 36.4 Å². The van der Waals surface area contributed by atoms with Crippen molar-refractivity contribution in [2.45, 2.75) is 57.3 Å². The van der Waals surface area contributed by atoms with Gasteiger partial charge in [0.05, 0.1) is 0 Å². The predicted molar refractivity (Wildman–Crippen MR) is 102 cm³/mol. The minimum absolute atomic E-state index is 0.210. The van der Waals surface area contributed by atoms with Gasteiger partial charge in [-0.15, -0.1) is 0 Å². The predicted octanol–water partition coefficient (Wildman–Crippen LogP) is 3.67. The number of hydrogen-bond acceptors (Lipinski definition) is 3. The summed E-state index contributed by atoms with van der Waals surface area (Å²) in [6, 6.07) is 17.3. The largest absolute Gasteiger partial charge is 0.490 e. The van der Waals surface area contributed by atoms with Crippen LogP contribution in [0.15, 0.2) is 48.5 Å². The second kappa shape index (κ2) is 7.12. The van der Waals surface area contributed by atoms with Crippen molar-refractivity contribution < 1.29 is 9.53 Å². The average Bonchev–Trinajstić information content (AvgIpc) is 2.87. The lowest BCUT2D eigenvalue weighted by Gasteiger charge is -2.39. The smallest absolute Gasteiger partial charge is 0.248 e. The number of primary amides is 1. The summed E-state index contributed by atoms with van der Waals surface area (Å²) in [4.78, 5) is 14.1. The summed E-state index contributed by atoms with van der Waals surface area (Å²) in [5, 5.41) is 0. The van der Waals surface area contributed by atoms with Crippen LogP contribution in [0.5, 0.6) is 5.75 Å². The standard InChI is InChI=1S/C22H26N2O2/c1-15-7-8-17(22(23)25)11-21(15)26-20-12-18-9-10-19(13-20)24(18)14-16-5-3-2-4-6-16/h2-8,11,18-20H,9-10,12-14H2,1H3,(H2,23,25)/t18-,19+,20?. The van der Waals surface area contributed by atoms with Crippen LogP contribution in [0.3, 0.4) is 0 Å². The second-order valence-corrected chi connectivity index (χ2v) is 7.60. The highest BCUT2D eigenvalue weighted by Crippen LogP contribution is 2.38. The molecule has 2 aromatic rings. The van der Waals surface area contributed by atoms with Gasteiger partial charge in [0, 0.05) is 24.2 Å². The maximum atomic E-state index is 11.4. The third-order valence-electron chi connectivity index (χ3n) is 5.82. The summed E-state index contributed by atoms with van der Waals surface area (Å²) >= 11 is 0. The molecule has 26 heavy (non-hydrogen) atoms. The maximum Gasteiger partial charge on any atom is 0.248 e.